The molecule has 1 aliphatic heterocycles. The Hall–Kier alpha value is -1.85. The van der Waals surface area contributed by atoms with Gasteiger partial charge in [0.1, 0.15) is 5.71 Å². The highest BCUT2D eigenvalue weighted by molar-refractivity contribution is 6.39. The van der Waals surface area contributed by atoms with Crippen molar-refractivity contribution in [2.24, 2.45) is 5.10 Å². The zero-order chi connectivity index (χ0) is 11.8. The van der Waals surface area contributed by atoms with Gasteiger partial charge in [0.05, 0.1) is 12.9 Å². The summed E-state index contributed by atoms with van der Waals surface area (Å²) in [5.41, 5.74) is 2.64. The van der Waals surface area contributed by atoms with E-state index in [0.717, 1.165) is 0 Å². The van der Waals surface area contributed by atoms with Gasteiger partial charge in [0.15, 0.2) is 0 Å². The van der Waals surface area contributed by atoms with Crippen LogP contribution in [0.3, 0.4) is 0 Å². The van der Waals surface area contributed by atoms with E-state index in [1.54, 1.807) is 0 Å². The number of carbonyl (C=O) groups excluding carboxylic acids is 2. The molecule has 0 saturated heterocycles. The highest BCUT2D eigenvalue weighted by Gasteiger charge is 2.17. The van der Waals surface area contributed by atoms with Crippen molar-refractivity contribution in [3.05, 3.63) is 12.8 Å². The molecule has 6 nitrogen and oxygen atoms in total. The minimum absolute atomic E-state index is 0.157. The molecule has 0 atom stereocenters. The fourth-order valence-electron chi connectivity index (χ4n) is 1.18. The van der Waals surface area contributed by atoms with Crippen molar-refractivity contribution in [1.29, 1.82) is 0 Å². The van der Waals surface area contributed by atoms with E-state index in [-0.39, 0.29) is 11.8 Å². The second-order valence-corrected chi connectivity index (χ2v) is 3.24. The van der Waals surface area contributed by atoms with Gasteiger partial charge in [-0.1, -0.05) is 6.58 Å². The van der Waals surface area contributed by atoms with Gasteiger partial charge in [-0.3, -0.25) is 9.59 Å². The highest BCUT2D eigenvalue weighted by Crippen LogP contribution is 1.99. The minimum Gasteiger partial charge on any atom is -0.502 e. The molecule has 0 aliphatic carbocycles. The number of nitrogens with zero attached hydrogens (tertiary/aromatic N) is 1. The van der Waals surface area contributed by atoms with Crippen LogP contribution in [0.5, 0.6) is 0 Å². The molecule has 88 valence electrons. The first-order chi connectivity index (χ1) is 7.74. The SMILES string of the molecule is C=COCCCNC(=O)C1=NNC(=O)CC1. The van der Waals surface area contributed by atoms with Crippen LogP contribution in [0.1, 0.15) is 19.3 Å². The van der Waals surface area contributed by atoms with Gasteiger partial charge in [0.25, 0.3) is 5.91 Å². The number of rotatable bonds is 6. The standard InChI is InChI=1S/C10H15N3O3/c1-2-16-7-3-6-11-10(15)8-4-5-9(14)13-12-8/h2H,1,3-7H2,(H,11,15)(H,13,14). The molecule has 0 saturated carbocycles. The van der Waals surface area contributed by atoms with Crippen LogP contribution in [-0.4, -0.2) is 30.7 Å². The minimum atomic E-state index is -0.237. The smallest absolute Gasteiger partial charge is 0.267 e. The van der Waals surface area contributed by atoms with Gasteiger partial charge in [-0.05, 0) is 6.42 Å². The Morgan fingerprint density at radius 2 is 2.44 bits per heavy atom. The molecule has 1 heterocycles. The van der Waals surface area contributed by atoms with Crippen molar-refractivity contribution in [3.63, 3.8) is 0 Å². The number of hydrogen-bond acceptors (Lipinski definition) is 4. The lowest BCUT2D eigenvalue weighted by Gasteiger charge is -2.11. The fraction of sp³-hybridized carbons (Fsp3) is 0.500. The van der Waals surface area contributed by atoms with E-state index in [0.29, 0.717) is 38.1 Å². The Morgan fingerprint density at radius 3 is 3.06 bits per heavy atom. The lowest BCUT2D eigenvalue weighted by molar-refractivity contribution is -0.121. The molecule has 1 rings (SSSR count). The van der Waals surface area contributed by atoms with E-state index in [1.807, 2.05) is 0 Å². The number of hydrazone groups is 1. The molecule has 0 aromatic heterocycles. The Morgan fingerprint density at radius 1 is 1.62 bits per heavy atom. The fourth-order valence-corrected chi connectivity index (χ4v) is 1.18. The van der Waals surface area contributed by atoms with Crippen molar-refractivity contribution in [3.8, 4) is 0 Å². The summed E-state index contributed by atoms with van der Waals surface area (Å²) in [5.74, 6) is -0.394. The van der Waals surface area contributed by atoms with E-state index in [9.17, 15) is 9.59 Å². The Balaban J connectivity index is 2.20. The summed E-state index contributed by atoms with van der Waals surface area (Å²) in [6.45, 7) is 4.44. The first kappa shape index (κ1) is 12.2. The third kappa shape index (κ3) is 4.12. The van der Waals surface area contributed by atoms with Gasteiger partial charge in [-0.2, -0.15) is 5.10 Å². The molecular weight excluding hydrogens is 210 g/mol. The maximum absolute atomic E-state index is 11.5. The topological polar surface area (TPSA) is 79.8 Å². The lowest BCUT2D eigenvalue weighted by Crippen LogP contribution is -2.37. The van der Waals surface area contributed by atoms with Crippen LogP contribution >= 0.6 is 0 Å². The molecular formula is C10H15N3O3. The predicted octanol–water partition coefficient (Wildman–Crippen LogP) is -0.0812. The van der Waals surface area contributed by atoms with Crippen LogP contribution < -0.4 is 10.7 Å². The summed E-state index contributed by atoms with van der Waals surface area (Å²) < 4.78 is 4.90. The molecule has 2 N–H and O–H groups in total. The van der Waals surface area contributed by atoms with E-state index in [1.165, 1.54) is 6.26 Å². The van der Waals surface area contributed by atoms with Crippen LogP contribution in [0.2, 0.25) is 0 Å². The van der Waals surface area contributed by atoms with Gasteiger partial charge in [0.2, 0.25) is 5.91 Å². The average molecular weight is 225 g/mol. The molecule has 0 aromatic rings. The molecule has 0 unspecified atom stereocenters. The van der Waals surface area contributed by atoms with Gasteiger partial charge < -0.3 is 10.1 Å². The van der Waals surface area contributed by atoms with Crippen molar-refractivity contribution in [2.45, 2.75) is 19.3 Å². The number of carbonyl (C=O) groups is 2. The van der Waals surface area contributed by atoms with Gasteiger partial charge in [-0.25, -0.2) is 5.43 Å². The molecule has 0 fully saturated rings. The lowest BCUT2D eigenvalue weighted by atomic mass is 10.1. The number of nitrogens with one attached hydrogen (secondary N) is 2. The first-order valence-corrected chi connectivity index (χ1v) is 5.10. The normalized spacial score (nSPS) is 14.8. The van der Waals surface area contributed by atoms with Gasteiger partial charge >= 0.3 is 0 Å². The first-order valence-electron chi connectivity index (χ1n) is 5.10. The van der Waals surface area contributed by atoms with Crippen LogP contribution in [-0.2, 0) is 14.3 Å². The van der Waals surface area contributed by atoms with Crippen molar-refractivity contribution >= 4 is 17.5 Å². The van der Waals surface area contributed by atoms with Crippen LogP contribution in [0, 0.1) is 0 Å². The summed E-state index contributed by atoms with van der Waals surface area (Å²) in [4.78, 5) is 22.3. The van der Waals surface area contributed by atoms with Crippen LogP contribution in [0.25, 0.3) is 0 Å². The largest absolute Gasteiger partial charge is 0.502 e. The van der Waals surface area contributed by atoms with Gasteiger partial charge in [-0.15, -0.1) is 0 Å². The molecule has 1 aliphatic rings. The molecule has 0 aromatic carbocycles. The average Bonchev–Trinajstić information content (AvgIpc) is 2.29. The molecule has 16 heavy (non-hydrogen) atoms. The molecule has 0 radical (unpaired) electrons. The predicted molar refractivity (Wildman–Crippen MR) is 58.6 cm³/mol. The van der Waals surface area contributed by atoms with E-state index < -0.39 is 0 Å². The summed E-state index contributed by atoms with van der Waals surface area (Å²) in [5, 5.41) is 6.37. The molecule has 0 spiro atoms. The van der Waals surface area contributed by atoms with Crippen molar-refractivity contribution in [2.75, 3.05) is 13.2 Å². The Kier molecular flexibility index (Phi) is 5.04. The maximum Gasteiger partial charge on any atom is 0.267 e. The number of amides is 2. The van der Waals surface area contributed by atoms with Crippen molar-refractivity contribution in [1.82, 2.24) is 10.7 Å². The van der Waals surface area contributed by atoms with Gasteiger partial charge in [0, 0.05) is 19.4 Å². The maximum atomic E-state index is 11.5. The molecule has 6 heteroatoms. The molecule has 2 amide bonds. The summed E-state index contributed by atoms with van der Waals surface area (Å²) >= 11 is 0. The summed E-state index contributed by atoms with van der Waals surface area (Å²) in [6, 6.07) is 0. The summed E-state index contributed by atoms with van der Waals surface area (Å²) in [7, 11) is 0. The zero-order valence-electron chi connectivity index (χ0n) is 8.99. The third-order valence-corrected chi connectivity index (χ3v) is 2.01. The zero-order valence-corrected chi connectivity index (χ0v) is 8.99. The monoisotopic (exact) mass is 225 g/mol. The number of ether oxygens (including phenoxy) is 1. The second kappa shape index (κ2) is 6.60. The van der Waals surface area contributed by atoms with Crippen molar-refractivity contribution < 1.29 is 14.3 Å². The van der Waals surface area contributed by atoms with Crippen LogP contribution in [0.15, 0.2) is 17.9 Å². The third-order valence-electron chi connectivity index (χ3n) is 2.01. The quantitative estimate of drug-likeness (QED) is 0.490. The van der Waals surface area contributed by atoms with E-state index in [2.05, 4.69) is 22.4 Å². The summed E-state index contributed by atoms with van der Waals surface area (Å²) in [6.07, 6.45) is 2.77. The molecule has 0 bridgehead atoms. The second-order valence-electron chi connectivity index (χ2n) is 3.24. The van der Waals surface area contributed by atoms with Crippen LogP contribution in [0.4, 0.5) is 0 Å². The highest BCUT2D eigenvalue weighted by atomic mass is 16.5. The van der Waals surface area contributed by atoms with E-state index in [4.69, 9.17) is 4.74 Å². The Bertz CT molecular complexity index is 312. The number of hydrogen-bond donors (Lipinski definition) is 2. The van der Waals surface area contributed by atoms with E-state index >= 15 is 0 Å². The Labute approximate surface area is 93.7 Å².